The fourth-order valence-corrected chi connectivity index (χ4v) is 5.69. The Morgan fingerprint density at radius 3 is 2.67 bits per heavy atom. The molecule has 2 fully saturated rings. The van der Waals surface area contributed by atoms with Gasteiger partial charge < -0.3 is 15.2 Å². The highest BCUT2D eigenvalue weighted by Crippen LogP contribution is 2.57. The number of nitrogens with one attached hydrogen (secondary N) is 2. The number of halogens is 2. The second kappa shape index (κ2) is 7.51. The number of carbonyl (C=O) groups excluding carboxylic acids is 3. The zero-order chi connectivity index (χ0) is 23.5. The van der Waals surface area contributed by atoms with E-state index in [1.54, 1.807) is 11.5 Å². The molecule has 3 atom stereocenters. The summed E-state index contributed by atoms with van der Waals surface area (Å²) >= 11 is 0. The maximum Gasteiger partial charge on any atom is 0.292 e. The van der Waals surface area contributed by atoms with E-state index in [4.69, 9.17) is 5.26 Å². The third kappa shape index (κ3) is 3.16. The minimum absolute atomic E-state index is 0.0822. The molecular formula is C24H22F2N4O3. The highest BCUT2D eigenvalue weighted by Gasteiger charge is 2.61. The van der Waals surface area contributed by atoms with Crippen LogP contribution in [0.15, 0.2) is 18.2 Å². The first-order valence-electron chi connectivity index (χ1n) is 11.0. The minimum atomic E-state index is -1.08. The Hall–Kier alpha value is -3.54. The highest BCUT2D eigenvalue weighted by molar-refractivity contribution is 6.44. The molecule has 7 nitrogen and oxygen atoms in total. The van der Waals surface area contributed by atoms with Gasteiger partial charge in [0.25, 0.3) is 17.6 Å². The number of fused-ring (bicyclic) bond motifs is 2. The van der Waals surface area contributed by atoms with Gasteiger partial charge in [-0.3, -0.25) is 14.4 Å². The predicted molar refractivity (Wildman–Crippen MR) is 113 cm³/mol. The standard InChI is InChI=1S/C24H22F2N4O3/c1-12-19(21(31)23(33)29-24-7-6-15(24)13(10-24)11-27)18-3-2-8-30(18)20(12)22(32)28-14-4-5-16(25)17(26)9-14/h4-5,9,13,15H,2-3,6-8,10H2,1H3,(H,28,32)(H,29,33). The Labute approximate surface area is 188 Å². The zero-order valence-corrected chi connectivity index (χ0v) is 18.0. The largest absolute Gasteiger partial charge is 0.343 e. The van der Waals surface area contributed by atoms with Gasteiger partial charge in [0.2, 0.25) is 0 Å². The number of nitrogens with zero attached hydrogens (tertiary/aromatic N) is 2. The molecule has 33 heavy (non-hydrogen) atoms. The van der Waals surface area contributed by atoms with Crippen molar-refractivity contribution >= 4 is 23.3 Å². The number of carbonyl (C=O) groups is 3. The molecule has 2 aliphatic carbocycles. The van der Waals surface area contributed by atoms with Crippen molar-refractivity contribution in [2.75, 3.05) is 5.32 Å². The van der Waals surface area contributed by atoms with E-state index in [0.29, 0.717) is 30.6 Å². The normalized spacial score (nSPS) is 24.5. The lowest BCUT2D eigenvalue weighted by Gasteiger charge is -2.61. The summed E-state index contributed by atoms with van der Waals surface area (Å²) in [4.78, 5) is 39.1. The van der Waals surface area contributed by atoms with Gasteiger partial charge in [-0.1, -0.05) is 0 Å². The molecule has 2 aromatic rings. The third-order valence-electron chi connectivity index (χ3n) is 7.45. The molecule has 0 spiro atoms. The maximum atomic E-state index is 13.5. The first kappa shape index (κ1) is 21.3. The number of hydrogen-bond donors (Lipinski definition) is 2. The van der Waals surface area contributed by atoms with E-state index in [0.717, 1.165) is 31.4 Å². The molecule has 1 aromatic heterocycles. The first-order chi connectivity index (χ1) is 15.8. The Bertz CT molecular complexity index is 1260. The van der Waals surface area contributed by atoms with Crippen molar-refractivity contribution in [1.82, 2.24) is 9.88 Å². The predicted octanol–water partition coefficient (Wildman–Crippen LogP) is 3.26. The molecular weight excluding hydrogens is 430 g/mol. The summed E-state index contributed by atoms with van der Waals surface area (Å²) in [7, 11) is 0. The number of benzene rings is 1. The second-order valence-corrected chi connectivity index (χ2v) is 9.16. The average Bonchev–Trinajstić information content (AvgIpc) is 3.33. The minimum Gasteiger partial charge on any atom is -0.343 e. The first-order valence-corrected chi connectivity index (χ1v) is 11.0. The van der Waals surface area contributed by atoms with E-state index in [1.807, 2.05) is 0 Å². The van der Waals surface area contributed by atoms with Crippen LogP contribution in [-0.2, 0) is 17.8 Å². The van der Waals surface area contributed by atoms with Crippen LogP contribution in [0.5, 0.6) is 0 Å². The topological polar surface area (TPSA) is 104 Å². The second-order valence-electron chi connectivity index (χ2n) is 9.16. The molecule has 3 unspecified atom stereocenters. The van der Waals surface area contributed by atoms with Crippen LogP contribution in [0.3, 0.4) is 0 Å². The lowest BCUT2D eigenvalue weighted by atomic mass is 9.48. The number of Topliss-reactive ketones (excluding diaryl/α,β-unsaturated/α-hetero) is 1. The van der Waals surface area contributed by atoms with Crippen LogP contribution in [0, 0.1) is 41.7 Å². The summed E-state index contributed by atoms with van der Waals surface area (Å²) in [5.41, 5.74) is 1.10. The van der Waals surface area contributed by atoms with Gasteiger partial charge in [-0.25, -0.2) is 8.78 Å². The van der Waals surface area contributed by atoms with E-state index in [-0.39, 0.29) is 28.8 Å². The number of rotatable bonds is 5. The van der Waals surface area contributed by atoms with E-state index < -0.39 is 34.8 Å². The molecule has 5 rings (SSSR count). The van der Waals surface area contributed by atoms with Gasteiger partial charge >= 0.3 is 0 Å². The number of anilines is 1. The molecule has 2 amide bonds. The summed E-state index contributed by atoms with van der Waals surface area (Å²) in [5.74, 6) is -4.06. The summed E-state index contributed by atoms with van der Waals surface area (Å²) in [6.07, 6.45) is 3.45. The molecule has 9 heteroatoms. The fraction of sp³-hybridized carbons (Fsp3) is 0.417. The number of ketones is 1. The van der Waals surface area contributed by atoms with E-state index in [1.165, 1.54) is 6.07 Å². The average molecular weight is 452 g/mol. The Balaban J connectivity index is 1.40. The summed E-state index contributed by atoms with van der Waals surface area (Å²) in [6.45, 7) is 2.13. The van der Waals surface area contributed by atoms with Crippen molar-refractivity contribution in [3.05, 3.63) is 52.3 Å². The number of amides is 2. The van der Waals surface area contributed by atoms with Crippen molar-refractivity contribution in [2.24, 2.45) is 11.8 Å². The summed E-state index contributed by atoms with van der Waals surface area (Å²) in [5, 5.41) is 14.6. The van der Waals surface area contributed by atoms with Gasteiger partial charge in [-0.15, -0.1) is 0 Å². The number of nitriles is 1. The molecule has 2 heterocycles. The summed E-state index contributed by atoms with van der Waals surface area (Å²) < 4.78 is 28.5. The Morgan fingerprint density at radius 1 is 1.24 bits per heavy atom. The molecule has 2 N–H and O–H groups in total. The molecule has 170 valence electrons. The number of aromatic nitrogens is 1. The van der Waals surface area contributed by atoms with Crippen LogP contribution in [0.4, 0.5) is 14.5 Å². The van der Waals surface area contributed by atoms with Crippen LogP contribution in [0.2, 0.25) is 0 Å². The molecule has 0 saturated heterocycles. The molecule has 1 aliphatic heterocycles. The lowest BCUT2D eigenvalue weighted by molar-refractivity contribution is -0.128. The van der Waals surface area contributed by atoms with Gasteiger partial charge in [-0.2, -0.15) is 5.26 Å². The van der Waals surface area contributed by atoms with Crippen LogP contribution < -0.4 is 10.6 Å². The van der Waals surface area contributed by atoms with Crippen LogP contribution in [-0.4, -0.2) is 27.7 Å². The monoisotopic (exact) mass is 452 g/mol. The van der Waals surface area contributed by atoms with Gasteiger partial charge in [0.1, 0.15) is 5.69 Å². The van der Waals surface area contributed by atoms with Crippen LogP contribution >= 0.6 is 0 Å². The smallest absolute Gasteiger partial charge is 0.292 e. The van der Waals surface area contributed by atoms with Crippen molar-refractivity contribution in [1.29, 1.82) is 5.26 Å². The molecule has 1 aromatic carbocycles. The quantitative estimate of drug-likeness (QED) is 0.537. The summed E-state index contributed by atoms with van der Waals surface area (Å²) in [6, 6.07) is 5.31. The van der Waals surface area contributed by atoms with Gasteiger partial charge in [-0.05, 0) is 62.6 Å². The molecule has 0 radical (unpaired) electrons. The Kier molecular flexibility index (Phi) is 4.85. The Morgan fingerprint density at radius 2 is 2.03 bits per heavy atom. The number of hydrogen-bond acceptors (Lipinski definition) is 4. The molecule has 3 aliphatic rings. The molecule has 0 bridgehead atoms. The SMILES string of the molecule is Cc1c(C(=O)C(=O)NC23CCC2C(C#N)C3)c2n(c1C(=O)Nc1ccc(F)c(F)c1)CCC2. The molecule has 2 saturated carbocycles. The van der Waals surface area contributed by atoms with Crippen LogP contribution in [0.25, 0.3) is 0 Å². The van der Waals surface area contributed by atoms with Crippen molar-refractivity contribution in [3.8, 4) is 6.07 Å². The highest BCUT2D eigenvalue weighted by atomic mass is 19.2. The van der Waals surface area contributed by atoms with Crippen LogP contribution in [0.1, 0.15) is 57.8 Å². The van der Waals surface area contributed by atoms with E-state index in [9.17, 15) is 23.2 Å². The maximum absolute atomic E-state index is 13.5. The lowest BCUT2D eigenvalue weighted by Crippen LogP contribution is -2.70. The van der Waals surface area contributed by atoms with Gasteiger partial charge in [0.15, 0.2) is 11.6 Å². The van der Waals surface area contributed by atoms with Crippen molar-refractivity contribution < 1.29 is 23.2 Å². The zero-order valence-electron chi connectivity index (χ0n) is 18.0. The van der Waals surface area contributed by atoms with Gasteiger partial charge in [0, 0.05) is 29.5 Å². The van der Waals surface area contributed by atoms with Crippen molar-refractivity contribution in [2.45, 2.75) is 51.1 Å². The third-order valence-corrected chi connectivity index (χ3v) is 7.45. The fourth-order valence-electron chi connectivity index (χ4n) is 5.69. The van der Waals surface area contributed by atoms with E-state index >= 15 is 0 Å². The van der Waals surface area contributed by atoms with Crippen molar-refractivity contribution in [3.63, 3.8) is 0 Å². The van der Waals surface area contributed by atoms with Gasteiger partial charge in [0.05, 0.1) is 17.6 Å². The van der Waals surface area contributed by atoms with E-state index in [2.05, 4.69) is 16.7 Å².